The summed E-state index contributed by atoms with van der Waals surface area (Å²) in [6, 6.07) is 5.22. The van der Waals surface area contributed by atoms with Gasteiger partial charge < -0.3 is 9.94 Å². The zero-order valence-corrected chi connectivity index (χ0v) is 13.1. The maximum Gasteiger partial charge on any atom is 0.435 e. The molecule has 1 heterocycles. The van der Waals surface area contributed by atoms with Crippen LogP contribution in [0.3, 0.4) is 0 Å². The Hall–Kier alpha value is -1.93. The topological polar surface area (TPSA) is 59.6 Å². The average Bonchev–Trinajstić information content (AvgIpc) is 2.83. The fraction of sp³-hybridized carbons (Fsp3) is 0.231. The Morgan fingerprint density at radius 2 is 2.04 bits per heavy atom. The van der Waals surface area contributed by atoms with Crippen LogP contribution in [-0.4, -0.2) is 27.3 Å². The summed E-state index contributed by atoms with van der Waals surface area (Å²) in [6.07, 6.45) is -4.58. The number of rotatable bonds is 4. The zero-order chi connectivity index (χ0) is 17.2. The molecule has 0 spiro atoms. The first-order chi connectivity index (χ1) is 10.7. The highest BCUT2D eigenvalue weighted by Crippen LogP contribution is 2.30. The fourth-order valence-electron chi connectivity index (χ4n) is 1.75. The van der Waals surface area contributed by atoms with Gasteiger partial charge in [-0.25, -0.2) is 4.68 Å². The van der Waals surface area contributed by atoms with Crippen molar-refractivity contribution in [1.29, 1.82) is 0 Å². The third kappa shape index (κ3) is 4.08. The van der Waals surface area contributed by atoms with E-state index >= 15 is 0 Å². The summed E-state index contributed by atoms with van der Waals surface area (Å²) in [5.41, 5.74) is -0.708. The van der Waals surface area contributed by atoms with Crippen LogP contribution in [-0.2, 0) is 13.2 Å². The molecule has 1 N–H and O–H groups in total. The summed E-state index contributed by atoms with van der Waals surface area (Å²) in [5, 5.41) is 16.0. The Morgan fingerprint density at radius 3 is 2.57 bits per heavy atom. The molecule has 0 amide bonds. The molecule has 0 saturated heterocycles. The first-order valence-corrected chi connectivity index (χ1v) is 6.88. The van der Waals surface area contributed by atoms with E-state index in [1.165, 1.54) is 25.2 Å². The molecule has 2 aromatic rings. The van der Waals surface area contributed by atoms with E-state index < -0.39 is 11.9 Å². The molecule has 0 radical (unpaired) electrons. The van der Waals surface area contributed by atoms with Crippen LogP contribution in [0.1, 0.15) is 11.3 Å². The summed E-state index contributed by atoms with van der Waals surface area (Å²) in [7, 11) is 1.30. The van der Waals surface area contributed by atoms with Crippen LogP contribution < -0.4 is 4.74 Å². The van der Waals surface area contributed by atoms with Gasteiger partial charge in [0.2, 0.25) is 5.88 Å². The van der Waals surface area contributed by atoms with Gasteiger partial charge in [0.1, 0.15) is 12.3 Å². The molecule has 0 fully saturated rings. The molecule has 0 aliphatic rings. The molecular formula is C13H10Cl2F3N3O2. The van der Waals surface area contributed by atoms with Gasteiger partial charge in [-0.05, 0) is 18.2 Å². The maximum absolute atomic E-state index is 12.6. The standard InChI is InChI=1S/C13H10Cl2F3N3O2/c1-21-12(5-11(19-21)13(16,17)18)23-6-10(20-22)8-3-2-7(14)4-9(8)15/h2-5,22H,6H2,1H3. The minimum atomic E-state index is -4.58. The van der Waals surface area contributed by atoms with Crippen LogP contribution in [0.15, 0.2) is 29.4 Å². The quantitative estimate of drug-likeness (QED) is 0.504. The molecule has 2 rings (SSSR count). The molecule has 0 unspecified atom stereocenters. The van der Waals surface area contributed by atoms with Gasteiger partial charge in [-0.3, -0.25) is 0 Å². The van der Waals surface area contributed by atoms with Gasteiger partial charge in [-0.2, -0.15) is 18.3 Å². The molecule has 0 atom stereocenters. The lowest BCUT2D eigenvalue weighted by molar-refractivity contribution is -0.141. The van der Waals surface area contributed by atoms with Crippen molar-refractivity contribution in [2.24, 2.45) is 12.2 Å². The van der Waals surface area contributed by atoms with Crippen molar-refractivity contribution >= 4 is 28.9 Å². The molecule has 5 nitrogen and oxygen atoms in total. The SMILES string of the molecule is Cn1nc(C(F)(F)F)cc1OCC(=NO)c1ccc(Cl)cc1Cl. The number of nitrogens with zero attached hydrogens (tertiary/aromatic N) is 3. The largest absolute Gasteiger partial charge is 0.471 e. The molecular weight excluding hydrogens is 358 g/mol. The summed E-state index contributed by atoms with van der Waals surface area (Å²) in [5.74, 6) is -0.136. The van der Waals surface area contributed by atoms with Crippen LogP contribution in [0.5, 0.6) is 5.88 Å². The summed E-state index contributed by atoms with van der Waals surface area (Å²) >= 11 is 11.7. The lowest BCUT2D eigenvalue weighted by Gasteiger charge is -2.09. The Labute approximate surface area is 138 Å². The summed E-state index contributed by atoms with van der Waals surface area (Å²) in [4.78, 5) is 0. The van der Waals surface area contributed by atoms with Crippen LogP contribution >= 0.6 is 23.2 Å². The van der Waals surface area contributed by atoms with Crippen molar-refractivity contribution in [2.45, 2.75) is 6.18 Å². The molecule has 1 aromatic heterocycles. The smallest absolute Gasteiger partial charge is 0.435 e. The lowest BCUT2D eigenvalue weighted by Crippen LogP contribution is -2.15. The van der Waals surface area contributed by atoms with Crippen molar-refractivity contribution in [3.8, 4) is 5.88 Å². The Kier molecular flexibility index (Phi) is 5.06. The molecule has 1 aromatic carbocycles. The molecule has 0 aliphatic carbocycles. The van der Waals surface area contributed by atoms with Gasteiger partial charge in [0.05, 0.1) is 5.02 Å². The number of ether oxygens (including phenoxy) is 1. The normalized spacial score (nSPS) is 12.5. The molecule has 124 valence electrons. The number of aromatic nitrogens is 2. The average molecular weight is 368 g/mol. The van der Waals surface area contributed by atoms with Gasteiger partial charge in [0.25, 0.3) is 0 Å². The highest BCUT2D eigenvalue weighted by Gasteiger charge is 2.35. The molecule has 10 heteroatoms. The van der Waals surface area contributed by atoms with Gasteiger partial charge >= 0.3 is 6.18 Å². The monoisotopic (exact) mass is 367 g/mol. The van der Waals surface area contributed by atoms with E-state index in [9.17, 15) is 13.2 Å². The molecule has 0 bridgehead atoms. The predicted octanol–water partition coefficient (Wildman–Crippen LogP) is 4.00. The number of aryl methyl sites for hydroxylation is 1. The molecule has 23 heavy (non-hydrogen) atoms. The van der Waals surface area contributed by atoms with Gasteiger partial charge in [-0.15, -0.1) is 0 Å². The number of alkyl halides is 3. The van der Waals surface area contributed by atoms with Crippen LogP contribution in [0.2, 0.25) is 10.0 Å². The highest BCUT2D eigenvalue weighted by molar-refractivity contribution is 6.37. The van der Waals surface area contributed by atoms with E-state index in [1.807, 2.05) is 0 Å². The van der Waals surface area contributed by atoms with Crippen molar-refractivity contribution in [2.75, 3.05) is 6.61 Å². The van der Waals surface area contributed by atoms with Crippen molar-refractivity contribution in [3.63, 3.8) is 0 Å². The Morgan fingerprint density at radius 1 is 1.35 bits per heavy atom. The number of halogens is 5. The van der Waals surface area contributed by atoms with Crippen LogP contribution in [0, 0.1) is 0 Å². The van der Waals surface area contributed by atoms with Crippen molar-refractivity contribution < 1.29 is 23.1 Å². The second kappa shape index (κ2) is 6.67. The molecule has 0 saturated carbocycles. The first-order valence-electron chi connectivity index (χ1n) is 6.12. The number of hydrogen-bond acceptors (Lipinski definition) is 4. The van der Waals surface area contributed by atoms with Crippen molar-refractivity contribution in [3.05, 3.63) is 45.6 Å². The molecule has 0 aliphatic heterocycles. The summed E-state index contributed by atoms with van der Waals surface area (Å²) < 4.78 is 43.9. The number of oxime groups is 1. The fourth-order valence-corrected chi connectivity index (χ4v) is 2.27. The Balaban J connectivity index is 2.17. The van der Waals surface area contributed by atoms with Gasteiger partial charge in [0.15, 0.2) is 5.69 Å². The minimum Gasteiger partial charge on any atom is -0.471 e. The van der Waals surface area contributed by atoms with Gasteiger partial charge in [-0.1, -0.05) is 28.4 Å². The Bertz CT molecular complexity index is 745. The van der Waals surface area contributed by atoms with E-state index in [0.29, 0.717) is 10.6 Å². The number of benzene rings is 1. The second-order valence-electron chi connectivity index (χ2n) is 4.45. The summed E-state index contributed by atoms with van der Waals surface area (Å²) in [6.45, 7) is -0.311. The van der Waals surface area contributed by atoms with E-state index in [2.05, 4.69) is 10.3 Å². The van der Waals surface area contributed by atoms with E-state index in [-0.39, 0.29) is 23.2 Å². The zero-order valence-electron chi connectivity index (χ0n) is 11.6. The van der Waals surface area contributed by atoms with E-state index in [4.69, 9.17) is 33.1 Å². The third-order valence-electron chi connectivity index (χ3n) is 2.85. The third-order valence-corrected chi connectivity index (χ3v) is 3.39. The van der Waals surface area contributed by atoms with Crippen LogP contribution in [0.25, 0.3) is 0 Å². The minimum absolute atomic E-state index is 0.0291. The highest BCUT2D eigenvalue weighted by atomic mass is 35.5. The predicted molar refractivity (Wildman–Crippen MR) is 78.5 cm³/mol. The van der Waals surface area contributed by atoms with E-state index in [1.54, 1.807) is 0 Å². The van der Waals surface area contributed by atoms with Crippen LogP contribution in [0.4, 0.5) is 13.2 Å². The number of hydrogen-bond donors (Lipinski definition) is 1. The maximum atomic E-state index is 12.6. The first kappa shape index (κ1) is 17.4. The van der Waals surface area contributed by atoms with Crippen molar-refractivity contribution in [1.82, 2.24) is 9.78 Å². The van der Waals surface area contributed by atoms with E-state index in [0.717, 1.165) is 10.7 Å². The van der Waals surface area contributed by atoms with Gasteiger partial charge in [0, 0.05) is 23.7 Å². The second-order valence-corrected chi connectivity index (χ2v) is 5.29. The lowest BCUT2D eigenvalue weighted by atomic mass is 10.1.